The van der Waals surface area contributed by atoms with Crippen LogP contribution in [0, 0.1) is 0 Å². The van der Waals surface area contributed by atoms with Crippen LogP contribution in [0.4, 0.5) is 0 Å². The highest BCUT2D eigenvalue weighted by atomic mass is 79.9. The summed E-state index contributed by atoms with van der Waals surface area (Å²) >= 11 is 6.71. The third kappa shape index (κ3) is 1.15. The summed E-state index contributed by atoms with van der Waals surface area (Å²) in [5.74, 6) is 0.123. The molecule has 0 unspecified atom stereocenters. The molecule has 0 atom stereocenters. The van der Waals surface area contributed by atoms with E-state index < -0.39 is 3.23 Å². The molecule has 0 saturated heterocycles. The first kappa shape index (κ1) is 8.45. The lowest BCUT2D eigenvalue weighted by Crippen LogP contribution is -2.19. The van der Waals surface area contributed by atoms with E-state index in [1.165, 1.54) is 0 Å². The fraction of sp³-hybridized carbons (Fsp3) is 0.222. The zero-order chi connectivity index (χ0) is 8.77. The Kier molecular flexibility index (Phi) is 1.88. The number of hydrogen-bond donors (Lipinski definition) is 0. The molecule has 0 fully saturated rings. The van der Waals surface area contributed by atoms with Gasteiger partial charge in [-0.3, -0.25) is 4.79 Å². The van der Waals surface area contributed by atoms with Gasteiger partial charge in [0.2, 0.25) is 0 Å². The number of carbonyl (C=O) groups excluding carboxylic acids is 1. The van der Waals surface area contributed by atoms with Crippen LogP contribution in [0.25, 0.3) is 0 Å². The zero-order valence-corrected chi connectivity index (χ0v) is 9.35. The molecule has 0 radical (unpaired) electrons. The number of benzene rings is 1. The van der Waals surface area contributed by atoms with E-state index in [4.69, 9.17) is 0 Å². The van der Waals surface area contributed by atoms with Crippen LogP contribution in [0.3, 0.4) is 0 Å². The van der Waals surface area contributed by atoms with Crippen LogP contribution in [0.5, 0.6) is 0 Å². The maximum atomic E-state index is 11.6. The molecule has 1 aromatic carbocycles. The molecule has 3 heteroatoms. The largest absolute Gasteiger partial charge is 0.292 e. The van der Waals surface area contributed by atoms with Gasteiger partial charge in [-0.2, -0.15) is 0 Å². The molecular weight excluding hydrogens is 284 g/mol. The van der Waals surface area contributed by atoms with Crippen molar-refractivity contribution in [1.29, 1.82) is 0 Å². The predicted molar refractivity (Wildman–Crippen MR) is 55.1 cm³/mol. The number of Topliss-reactive ketones (excluding diaryl/α,β-unsaturated/α-hetero) is 1. The molecule has 0 bridgehead atoms. The standard InChI is InChI=1S/C9H6Br2O/c10-9(11)5-6-3-1-2-4-7(6)8(9)12/h1-4H,5H2. The summed E-state index contributed by atoms with van der Waals surface area (Å²) in [6.45, 7) is 0. The summed E-state index contributed by atoms with van der Waals surface area (Å²) in [6.07, 6.45) is 0.724. The molecule has 0 amide bonds. The maximum absolute atomic E-state index is 11.6. The van der Waals surface area contributed by atoms with Gasteiger partial charge in [0.1, 0.15) is 3.23 Å². The van der Waals surface area contributed by atoms with Gasteiger partial charge < -0.3 is 0 Å². The van der Waals surface area contributed by atoms with Gasteiger partial charge in [-0.15, -0.1) is 0 Å². The Bertz CT molecular complexity index is 344. The Morgan fingerprint density at radius 1 is 1.25 bits per heavy atom. The maximum Gasteiger partial charge on any atom is 0.190 e. The molecule has 2 rings (SSSR count). The van der Waals surface area contributed by atoms with Crippen LogP contribution in [0.15, 0.2) is 24.3 Å². The molecule has 1 nitrogen and oxygen atoms in total. The Labute approximate surface area is 87.4 Å². The van der Waals surface area contributed by atoms with Crippen LogP contribution < -0.4 is 0 Å². The van der Waals surface area contributed by atoms with Crippen molar-refractivity contribution in [2.75, 3.05) is 0 Å². The lowest BCUT2D eigenvalue weighted by Gasteiger charge is -2.07. The van der Waals surface area contributed by atoms with Crippen molar-refractivity contribution in [2.45, 2.75) is 9.65 Å². The number of ketones is 1. The van der Waals surface area contributed by atoms with E-state index in [2.05, 4.69) is 31.9 Å². The van der Waals surface area contributed by atoms with E-state index in [0.717, 1.165) is 17.5 Å². The Morgan fingerprint density at radius 2 is 1.92 bits per heavy atom. The number of hydrogen-bond acceptors (Lipinski definition) is 1. The fourth-order valence-corrected chi connectivity index (χ4v) is 2.44. The second-order valence-corrected chi connectivity index (χ2v) is 6.64. The quantitative estimate of drug-likeness (QED) is 0.671. The monoisotopic (exact) mass is 288 g/mol. The van der Waals surface area contributed by atoms with Gasteiger partial charge in [0.15, 0.2) is 5.78 Å². The van der Waals surface area contributed by atoms with E-state index in [-0.39, 0.29) is 5.78 Å². The van der Waals surface area contributed by atoms with Gasteiger partial charge in [-0.1, -0.05) is 56.1 Å². The molecule has 0 aromatic heterocycles. The molecule has 0 saturated carbocycles. The number of fused-ring (bicyclic) bond motifs is 1. The van der Waals surface area contributed by atoms with Gasteiger partial charge in [-0.05, 0) is 5.56 Å². The Morgan fingerprint density at radius 3 is 2.58 bits per heavy atom. The minimum absolute atomic E-state index is 0.123. The average molecular weight is 290 g/mol. The molecule has 1 aromatic rings. The second-order valence-electron chi connectivity index (χ2n) is 2.87. The smallest absolute Gasteiger partial charge is 0.190 e. The summed E-state index contributed by atoms with van der Waals surface area (Å²) in [5.41, 5.74) is 1.93. The van der Waals surface area contributed by atoms with Crippen molar-refractivity contribution in [3.63, 3.8) is 0 Å². The van der Waals surface area contributed by atoms with Gasteiger partial charge in [0, 0.05) is 12.0 Å². The van der Waals surface area contributed by atoms with Gasteiger partial charge >= 0.3 is 0 Å². The first-order valence-electron chi connectivity index (χ1n) is 3.62. The highest BCUT2D eigenvalue weighted by Gasteiger charge is 2.40. The first-order chi connectivity index (χ1) is 5.61. The van der Waals surface area contributed by atoms with Crippen molar-refractivity contribution in [3.8, 4) is 0 Å². The van der Waals surface area contributed by atoms with E-state index in [1.807, 2.05) is 24.3 Å². The molecule has 0 aliphatic heterocycles. The third-order valence-electron chi connectivity index (χ3n) is 2.01. The zero-order valence-electron chi connectivity index (χ0n) is 6.18. The molecule has 12 heavy (non-hydrogen) atoms. The Balaban J connectivity index is 2.57. The van der Waals surface area contributed by atoms with Crippen LogP contribution in [-0.2, 0) is 6.42 Å². The van der Waals surface area contributed by atoms with Crippen molar-refractivity contribution < 1.29 is 4.79 Å². The molecule has 0 heterocycles. The van der Waals surface area contributed by atoms with E-state index in [9.17, 15) is 4.79 Å². The van der Waals surface area contributed by atoms with Crippen molar-refractivity contribution in [2.24, 2.45) is 0 Å². The van der Waals surface area contributed by atoms with Crippen molar-refractivity contribution in [3.05, 3.63) is 35.4 Å². The fourth-order valence-electron chi connectivity index (χ4n) is 1.41. The number of rotatable bonds is 0. The van der Waals surface area contributed by atoms with E-state index in [0.29, 0.717) is 0 Å². The molecule has 62 valence electrons. The van der Waals surface area contributed by atoms with Crippen molar-refractivity contribution >= 4 is 37.6 Å². The summed E-state index contributed by atoms with van der Waals surface area (Å²) in [7, 11) is 0. The van der Waals surface area contributed by atoms with E-state index >= 15 is 0 Å². The number of halogens is 2. The molecule has 1 aliphatic carbocycles. The molecule has 0 spiro atoms. The summed E-state index contributed by atoms with van der Waals surface area (Å²) < 4.78 is -0.552. The van der Waals surface area contributed by atoms with Crippen LogP contribution >= 0.6 is 31.9 Å². The highest BCUT2D eigenvalue weighted by molar-refractivity contribution is 9.26. The first-order valence-corrected chi connectivity index (χ1v) is 5.20. The van der Waals surface area contributed by atoms with E-state index in [1.54, 1.807) is 0 Å². The third-order valence-corrected chi connectivity index (χ3v) is 3.29. The lowest BCUT2D eigenvalue weighted by atomic mass is 10.1. The van der Waals surface area contributed by atoms with Crippen LogP contribution in [0.2, 0.25) is 0 Å². The number of alkyl halides is 2. The highest BCUT2D eigenvalue weighted by Crippen LogP contribution is 2.40. The van der Waals surface area contributed by atoms with Crippen LogP contribution in [0.1, 0.15) is 15.9 Å². The summed E-state index contributed by atoms with van der Waals surface area (Å²) in [6, 6.07) is 7.69. The average Bonchev–Trinajstić information content (AvgIpc) is 2.24. The normalized spacial score (nSPS) is 19.3. The van der Waals surface area contributed by atoms with Gasteiger partial charge in [0.05, 0.1) is 0 Å². The Hall–Kier alpha value is -0.150. The predicted octanol–water partition coefficient (Wildman–Crippen LogP) is 2.91. The lowest BCUT2D eigenvalue weighted by molar-refractivity contribution is 0.0994. The minimum atomic E-state index is -0.552. The SMILES string of the molecule is O=C1c2ccccc2CC1(Br)Br. The summed E-state index contributed by atoms with van der Waals surface area (Å²) in [4.78, 5) is 11.6. The number of carbonyl (C=O) groups is 1. The van der Waals surface area contributed by atoms with Gasteiger partial charge in [-0.25, -0.2) is 0 Å². The molecule has 0 N–H and O–H groups in total. The van der Waals surface area contributed by atoms with Crippen molar-refractivity contribution in [1.82, 2.24) is 0 Å². The van der Waals surface area contributed by atoms with Gasteiger partial charge in [0.25, 0.3) is 0 Å². The molecular formula is C9H6Br2O. The van der Waals surface area contributed by atoms with Crippen LogP contribution in [-0.4, -0.2) is 9.02 Å². The topological polar surface area (TPSA) is 17.1 Å². The minimum Gasteiger partial charge on any atom is -0.292 e. The summed E-state index contributed by atoms with van der Waals surface area (Å²) in [5, 5.41) is 0. The molecule has 1 aliphatic rings. The second kappa shape index (κ2) is 2.67.